The Kier molecular flexibility index (Phi) is 6.86. The van der Waals surface area contributed by atoms with Crippen LogP contribution in [-0.4, -0.2) is 38.3 Å². The van der Waals surface area contributed by atoms with Crippen LogP contribution in [0.1, 0.15) is 12.8 Å². The van der Waals surface area contributed by atoms with E-state index in [2.05, 4.69) is 4.90 Å². The summed E-state index contributed by atoms with van der Waals surface area (Å²) in [5, 5.41) is 0. The Hall–Kier alpha value is -0.150. The van der Waals surface area contributed by atoms with Gasteiger partial charge >= 0.3 is 0 Å². The standard InChI is InChI=1S/C7H17FN2/c1-10(6-2-4-8)7-3-5-9/h2-7,9H2,1H3. The van der Waals surface area contributed by atoms with Gasteiger partial charge in [-0.15, -0.1) is 0 Å². The van der Waals surface area contributed by atoms with Crippen molar-refractivity contribution in [3.63, 3.8) is 0 Å². The highest BCUT2D eigenvalue weighted by molar-refractivity contribution is 4.51. The van der Waals surface area contributed by atoms with Crippen molar-refractivity contribution in [2.75, 3.05) is 33.4 Å². The first kappa shape index (κ1) is 9.85. The summed E-state index contributed by atoms with van der Waals surface area (Å²) in [4.78, 5) is 2.10. The molecule has 0 aliphatic rings. The summed E-state index contributed by atoms with van der Waals surface area (Å²) in [6, 6.07) is 0. The number of hydrogen-bond acceptors (Lipinski definition) is 2. The minimum atomic E-state index is -0.215. The molecule has 2 nitrogen and oxygen atoms in total. The Morgan fingerprint density at radius 1 is 1.30 bits per heavy atom. The highest BCUT2D eigenvalue weighted by atomic mass is 19.1. The molecule has 3 heteroatoms. The fraction of sp³-hybridized carbons (Fsp3) is 1.00. The summed E-state index contributed by atoms with van der Waals surface area (Å²) in [6.07, 6.45) is 1.64. The van der Waals surface area contributed by atoms with Crippen molar-refractivity contribution >= 4 is 0 Å². The molecule has 0 aliphatic carbocycles. The van der Waals surface area contributed by atoms with Gasteiger partial charge in [-0.2, -0.15) is 0 Å². The van der Waals surface area contributed by atoms with Crippen LogP contribution in [0.2, 0.25) is 0 Å². The topological polar surface area (TPSA) is 29.3 Å². The smallest absolute Gasteiger partial charge is 0.0906 e. The number of hydrogen-bond donors (Lipinski definition) is 1. The molecule has 0 aromatic carbocycles. The molecule has 0 spiro atoms. The van der Waals surface area contributed by atoms with Crippen LogP contribution in [-0.2, 0) is 0 Å². The molecule has 0 aromatic rings. The van der Waals surface area contributed by atoms with E-state index in [9.17, 15) is 4.39 Å². The largest absolute Gasteiger partial charge is 0.330 e. The summed E-state index contributed by atoms with van der Waals surface area (Å²) in [5.41, 5.74) is 5.30. The van der Waals surface area contributed by atoms with Crippen LogP contribution in [0.4, 0.5) is 4.39 Å². The van der Waals surface area contributed by atoms with Crippen LogP contribution in [0.15, 0.2) is 0 Å². The van der Waals surface area contributed by atoms with Gasteiger partial charge in [-0.3, -0.25) is 4.39 Å². The number of nitrogens with two attached hydrogens (primary N) is 1. The lowest BCUT2D eigenvalue weighted by Gasteiger charge is -2.14. The molecule has 0 radical (unpaired) electrons. The molecule has 0 aliphatic heterocycles. The van der Waals surface area contributed by atoms with Crippen molar-refractivity contribution in [2.24, 2.45) is 5.73 Å². The molecule has 0 saturated carbocycles. The normalized spacial score (nSPS) is 10.8. The first-order chi connectivity index (χ1) is 4.81. The number of halogens is 1. The van der Waals surface area contributed by atoms with E-state index in [1.807, 2.05) is 7.05 Å². The van der Waals surface area contributed by atoms with Gasteiger partial charge < -0.3 is 10.6 Å². The molecule has 0 bridgehead atoms. The van der Waals surface area contributed by atoms with Crippen LogP contribution in [0.25, 0.3) is 0 Å². The Labute approximate surface area is 62.2 Å². The molecule has 0 atom stereocenters. The summed E-state index contributed by atoms with van der Waals surface area (Å²) in [6.45, 7) is 2.33. The van der Waals surface area contributed by atoms with Crippen molar-refractivity contribution in [3.8, 4) is 0 Å². The van der Waals surface area contributed by atoms with Gasteiger partial charge in [0.15, 0.2) is 0 Å². The lowest BCUT2D eigenvalue weighted by Crippen LogP contribution is -2.23. The predicted molar refractivity (Wildman–Crippen MR) is 41.8 cm³/mol. The lowest BCUT2D eigenvalue weighted by molar-refractivity contribution is 0.307. The molecule has 0 unspecified atom stereocenters. The number of rotatable bonds is 6. The zero-order valence-electron chi connectivity index (χ0n) is 6.65. The van der Waals surface area contributed by atoms with Gasteiger partial charge in [-0.05, 0) is 33.0 Å². The quantitative estimate of drug-likeness (QED) is 0.598. The van der Waals surface area contributed by atoms with Gasteiger partial charge in [-0.25, -0.2) is 0 Å². The molecule has 2 N–H and O–H groups in total. The SMILES string of the molecule is CN(CCCN)CCCF. The zero-order chi connectivity index (χ0) is 7.82. The fourth-order valence-corrected chi connectivity index (χ4v) is 0.803. The number of alkyl halides is 1. The second kappa shape index (κ2) is 6.96. The minimum Gasteiger partial charge on any atom is -0.330 e. The van der Waals surface area contributed by atoms with Gasteiger partial charge in [0.2, 0.25) is 0 Å². The lowest BCUT2D eigenvalue weighted by atomic mass is 10.3. The molecule has 0 aromatic heterocycles. The maximum absolute atomic E-state index is 11.6. The third-order valence-corrected chi connectivity index (χ3v) is 1.42. The van der Waals surface area contributed by atoms with E-state index in [1.54, 1.807) is 0 Å². The Morgan fingerprint density at radius 2 is 1.90 bits per heavy atom. The van der Waals surface area contributed by atoms with Crippen molar-refractivity contribution in [1.29, 1.82) is 0 Å². The first-order valence-corrected chi connectivity index (χ1v) is 3.76. The van der Waals surface area contributed by atoms with Crippen LogP contribution in [0.5, 0.6) is 0 Å². The Morgan fingerprint density at radius 3 is 2.40 bits per heavy atom. The van der Waals surface area contributed by atoms with Gasteiger partial charge in [0, 0.05) is 6.54 Å². The molecule has 10 heavy (non-hydrogen) atoms. The minimum absolute atomic E-state index is 0.215. The highest BCUT2D eigenvalue weighted by Crippen LogP contribution is 1.89. The Balaban J connectivity index is 3.00. The Bertz CT molecular complexity index is 60.6. The van der Waals surface area contributed by atoms with Gasteiger partial charge in [-0.1, -0.05) is 0 Å². The molecular formula is C7H17FN2. The average molecular weight is 148 g/mol. The van der Waals surface area contributed by atoms with Crippen molar-refractivity contribution in [1.82, 2.24) is 4.90 Å². The third-order valence-electron chi connectivity index (χ3n) is 1.42. The predicted octanol–water partition coefficient (Wildman–Crippen LogP) is 0.627. The van der Waals surface area contributed by atoms with E-state index < -0.39 is 0 Å². The van der Waals surface area contributed by atoms with Gasteiger partial charge in [0.1, 0.15) is 0 Å². The summed E-state index contributed by atoms with van der Waals surface area (Å²) < 4.78 is 11.6. The molecule has 0 fully saturated rings. The molecule has 0 amide bonds. The van der Waals surface area contributed by atoms with Crippen LogP contribution in [0, 0.1) is 0 Å². The van der Waals surface area contributed by atoms with Crippen LogP contribution >= 0.6 is 0 Å². The van der Waals surface area contributed by atoms with Gasteiger partial charge in [0.05, 0.1) is 6.67 Å². The van der Waals surface area contributed by atoms with E-state index in [0.717, 1.165) is 26.1 Å². The molecule has 0 saturated heterocycles. The molecule has 62 valence electrons. The summed E-state index contributed by atoms with van der Waals surface area (Å²) in [5.74, 6) is 0. The monoisotopic (exact) mass is 148 g/mol. The van der Waals surface area contributed by atoms with Crippen LogP contribution in [0.3, 0.4) is 0 Å². The highest BCUT2D eigenvalue weighted by Gasteiger charge is 1.95. The molecule has 0 heterocycles. The first-order valence-electron chi connectivity index (χ1n) is 3.76. The van der Waals surface area contributed by atoms with E-state index in [0.29, 0.717) is 6.42 Å². The van der Waals surface area contributed by atoms with E-state index >= 15 is 0 Å². The van der Waals surface area contributed by atoms with E-state index in [-0.39, 0.29) is 6.67 Å². The summed E-state index contributed by atoms with van der Waals surface area (Å²) >= 11 is 0. The third kappa shape index (κ3) is 5.98. The fourth-order valence-electron chi connectivity index (χ4n) is 0.803. The van der Waals surface area contributed by atoms with E-state index in [4.69, 9.17) is 5.73 Å². The van der Waals surface area contributed by atoms with Crippen molar-refractivity contribution in [3.05, 3.63) is 0 Å². The maximum Gasteiger partial charge on any atom is 0.0906 e. The average Bonchev–Trinajstić information content (AvgIpc) is 1.97. The maximum atomic E-state index is 11.6. The second-order valence-corrected chi connectivity index (χ2v) is 2.49. The van der Waals surface area contributed by atoms with Gasteiger partial charge in [0.25, 0.3) is 0 Å². The molecule has 0 rings (SSSR count). The summed E-state index contributed by atoms with van der Waals surface area (Å²) in [7, 11) is 1.99. The van der Waals surface area contributed by atoms with Crippen molar-refractivity contribution in [2.45, 2.75) is 12.8 Å². The number of nitrogens with zero attached hydrogens (tertiary/aromatic N) is 1. The van der Waals surface area contributed by atoms with E-state index in [1.165, 1.54) is 0 Å². The zero-order valence-corrected chi connectivity index (χ0v) is 6.65. The van der Waals surface area contributed by atoms with Crippen LogP contribution < -0.4 is 5.73 Å². The molecular weight excluding hydrogens is 131 g/mol. The van der Waals surface area contributed by atoms with Crippen molar-refractivity contribution < 1.29 is 4.39 Å². The second-order valence-electron chi connectivity index (χ2n) is 2.49.